The Hall–Kier alpha value is -1.62. The van der Waals surface area contributed by atoms with Crippen molar-refractivity contribution in [3.63, 3.8) is 0 Å². The van der Waals surface area contributed by atoms with E-state index >= 15 is 0 Å². The zero-order valence-corrected chi connectivity index (χ0v) is 7.07. The SMILES string of the molecule is CC(=O)O.O=[N+]([O-])[O-].O=[N+]([O-])[O-].[Co+2]. The molecule has 0 heterocycles. The summed E-state index contributed by atoms with van der Waals surface area (Å²) in [4.78, 5) is 25.5. The number of hydrogen-bond donors (Lipinski definition) is 1. The summed E-state index contributed by atoms with van der Waals surface area (Å²) in [5, 5.41) is 36.9. The maximum absolute atomic E-state index is 9.00. The van der Waals surface area contributed by atoms with Crippen molar-refractivity contribution in [2.75, 3.05) is 0 Å². The predicted octanol–water partition coefficient (Wildman–Crippen LogP) is -0.390. The summed E-state index contributed by atoms with van der Waals surface area (Å²) in [6, 6.07) is 0. The molecule has 79 valence electrons. The van der Waals surface area contributed by atoms with E-state index in [2.05, 4.69) is 0 Å². The number of carbonyl (C=O) groups is 1. The standard InChI is InChI=1S/C2H4O2.Co.2NO3/c1-2(3)4;;2*2-1(3)4/h1H3,(H,3,4);;;/q;+2;2*-1. The molecule has 0 bridgehead atoms. The first kappa shape index (κ1) is 22.5. The van der Waals surface area contributed by atoms with Gasteiger partial charge in [0.15, 0.2) is 0 Å². The van der Waals surface area contributed by atoms with Crippen molar-refractivity contribution in [1.29, 1.82) is 0 Å². The van der Waals surface area contributed by atoms with E-state index in [-0.39, 0.29) is 16.8 Å². The van der Waals surface area contributed by atoms with Gasteiger partial charge < -0.3 is 35.7 Å². The van der Waals surface area contributed by atoms with E-state index in [0.717, 1.165) is 6.92 Å². The Bertz CT molecular complexity index is 118. The molecule has 10 nitrogen and oxygen atoms in total. The van der Waals surface area contributed by atoms with Crippen LogP contribution in [0.5, 0.6) is 0 Å². The van der Waals surface area contributed by atoms with Gasteiger partial charge in [0, 0.05) is 6.92 Å². The minimum Gasteiger partial charge on any atom is -0.481 e. The molecule has 0 aromatic heterocycles. The minimum absolute atomic E-state index is 0. The Balaban J connectivity index is -0.0000000450. The van der Waals surface area contributed by atoms with Crippen LogP contribution in [0.2, 0.25) is 0 Å². The van der Waals surface area contributed by atoms with Crippen LogP contribution in [-0.2, 0) is 21.6 Å². The van der Waals surface area contributed by atoms with Crippen molar-refractivity contribution in [2.45, 2.75) is 6.92 Å². The topological polar surface area (TPSA) is 170 Å². The predicted molar refractivity (Wildman–Crippen MR) is 34.0 cm³/mol. The van der Waals surface area contributed by atoms with E-state index in [4.69, 9.17) is 40.5 Å². The third kappa shape index (κ3) is 276. The Morgan fingerprint density at radius 1 is 1.08 bits per heavy atom. The molecule has 0 aromatic carbocycles. The maximum atomic E-state index is 9.00. The fourth-order valence-electron chi connectivity index (χ4n) is 0. The average molecular weight is 243 g/mol. The molecule has 0 aliphatic rings. The van der Waals surface area contributed by atoms with E-state index in [0.29, 0.717) is 0 Å². The summed E-state index contributed by atoms with van der Waals surface area (Å²) in [6.45, 7) is 1.08. The second-order valence-corrected chi connectivity index (χ2v) is 0.966. The van der Waals surface area contributed by atoms with Gasteiger partial charge in [-0.2, -0.15) is 0 Å². The largest absolute Gasteiger partial charge is 2.00 e. The van der Waals surface area contributed by atoms with Crippen molar-refractivity contribution < 1.29 is 36.9 Å². The molecular formula is C2H4CoN2O8. The molecule has 0 fully saturated rings. The van der Waals surface area contributed by atoms with Crippen LogP contribution in [0, 0.1) is 30.6 Å². The Morgan fingerprint density at radius 3 is 1.08 bits per heavy atom. The van der Waals surface area contributed by atoms with Crippen LogP contribution in [0.15, 0.2) is 0 Å². The van der Waals surface area contributed by atoms with E-state index in [1.807, 2.05) is 0 Å². The van der Waals surface area contributed by atoms with Gasteiger partial charge in [0.1, 0.15) is 0 Å². The first-order chi connectivity index (χ1) is 5.20. The number of nitrogens with zero attached hydrogens (tertiary/aromatic N) is 2. The van der Waals surface area contributed by atoms with Crippen molar-refractivity contribution in [3.05, 3.63) is 30.6 Å². The summed E-state index contributed by atoms with van der Waals surface area (Å²) < 4.78 is 0. The maximum Gasteiger partial charge on any atom is 2.00 e. The summed E-state index contributed by atoms with van der Waals surface area (Å²) >= 11 is 0. The molecule has 11 heteroatoms. The summed E-state index contributed by atoms with van der Waals surface area (Å²) in [5.41, 5.74) is 0. The molecule has 0 unspecified atom stereocenters. The van der Waals surface area contributed by atoms with Gasteiger partial charge in [-0.3, -0.25) is 4.79 Å². The van der Waals surface area contributed by atoms with Crippen LogP contribution in [0.25, 0.3) is 0 Å². The van der Waals surface area contributed by atoms with Gasteiger partial charge in [0.25, 0.3) is 5.97 Å². The fourth-order valence-corrected chi connectivity index (χ4v) is 0. The number of hydrogen-bond acceptors (Lipinski definition) is 7. The monoisotopic (exact) mass is 243 g/mol. The second-order valence-electron chi connectivity index (χ2n) is 0.966. The molecule has 0 saturated heterocycles. The summed E-state index contributed by atoms with van der Waals surface area (Å²) in [5.74, 6) is -0.833. The molecule has 0 aliphatic heterocycles. The van der Waals surface area contributed by atoms with E-state index in [1.54, 1.807) is 0 Å². The molecule has 0 saturated carbocycles. The minimum atomic E-state index is -1.75. The normalized spacial score (nSPS) is 5.62. The van der Waals surface area contributed by atoms with Gasteiger partial charge in [0.05, 0.1) is 10.2 Å². The zero-order chi connectivity index (χ0) is 10.7. The van der Waals surface area contributed by atoms with Crippen LogP contribution in [0.1, 0.15) is 6.92 Å². The van der Waals surface area contributed by atoms with E-state index < -0.39 is 16.1 Å². The molecule has 0 amide bonds. The Morgan fingerprint density at radius 2 is 1.08 bits per heavy atom. The molecular weight excluding hydrogens is 239 g/mol. The van der Waals surface area contributed by atoms with Crippen molar-refractivity contribution >= 4 is 5.97 Å². The number of rotatable bonds is 0. The van der Waals surface area contributed by atoms with Crippen LogP contribution in [0.4, 0.5) is 0 Å². The zero-order valence-electron chi connectivity index (χ0n) is 6.03. The number of carboxylic acids is 1. The van der Waals surface area contributed by atoms with Crippen molar-refractivity contribution in [2.24, 2.45) is 0 Å². The third-order valence-electron chi connectivity index (χ3n) is 0. The molecule has 0 atom stereocenters. The number of carboxylic acid groups (broad SMARTS) is 1. The van der Waals surface area contributed by atoms with Gasteiger partial charge >= 0.3 is 16.8 Å². The molecule has 1 radical (unpaired) electrons. The average Bonchev–Trinajstić information content (AvgIpc) is 1.54. The van der Waals surface area contributed by atoms with Crippen LogP contribution < -0.4 is 0 Å². The van der Waals surface area contributed by atoms with Crippen LogP contribution >= 0.6 is 0 Å². The van der Waals surface area contributed by atoms with Crippen molar-refractivity contribution in [1.82, 2.24) is 0 Å². The van der Waals surface area contributed by atoms with Crippen LogP contribution in [-0.4, -0.2) is 21.2 Å². The quantitative estimate of drug-likeness (QED) is 0.442. The number of aliphatic carboxylic acids is 1. The van der Waals surface area contributed by atoms with Gasteiger partial charge in [-0.1, -0.05) is 0 Å². The molecule has 0 aromatic rings. The van der Waals surface area contributed by atoms with Gasteiger partial charge in [-0.05, 0) is 0 Å². The van der Waals surface area contributed by atoms with E-state index in [1.165, 1.54) is 0 Å². The van der Waals surface area contributed by atoms with Gasteiger partial charge in [0.2, 0.25) is 0 Å². The Kier molecular flexibility index (Phi) is 29.0. The molecule has 0 spiro atoms. The summed E-state index contributed by atoms with van der Waals surface area (Å²) in [7, 11) is 0. The fraction of sp³-hybridized carbons (Fsp3) is 0.500. The van der Waals surface area contributed by atoms with Gasteiger partial charge in [-0.15, -0.1) is 0 Å². The molecule has 1 N–H and O–H groups in total. The first-order valence-electron chi connectivity index (χ1n) is 2.02. The first-order valence-corrected chi connectivity index (χ1v) is 2.02. The third-order valence-corrected chi connectivity index (χ3v) is 0. The van der Waals surface area contributed by atoms with Gasteiger partial charge in [-0.25, -0.2) is 0 Å². The smallest absolute Gasteiger partial charge is 0.481 e. The van der Waals surface area contributed by atoms with E-state index in [9.17, 15) is 0 Å². The molecule has 13 heavy (non-hydrogen) atoms. The molecule has 0 rings (SSSR count). The Labute approximate surface area is 81.2 Å². The van der Waals surface area contributed by atoms with Crippen LogP contribution in [0.3, 0.4) is 0 Å². The summed E-state index contributed by atoms with van der Waals surface area (Å²) in [6.07, 6.45) is 0. The molecule has 0 aliphatic carbocycles. The second kappa shape index (κ2) is 16.8. The van der Waals surface area contributed by atoms with Crippen molar-refractivity contribution in [3.8, 4) is 0 Å².